The maximum atomic E-state index is 11.5. The van der Waals surface area contributed by atoms with Crippen molar-refractivity contribution in [1.82, 2.24) is 10.2 Å². The number of nitrogens with zero attached hydrogens (tertiary/aromatic N) is 1. The lowest BCUT2D eigenvalue weighted by Crippen LogP contribution is -2.40. The molecule has 14 heavy (non-hydrogen) atoms. The molecular formula is C10H16N2O2. The van der Waals surface area contributed by atoms with Gasteiger partial charge in [-0.25, -0.2) is 0 Å². The molecule has 0 atom stereocenters. The molecule has 0 aromatic rings. The largest absolute Gasteiger partial charge is 0.358 e. The second kappa shape index (κ2) is 4.79. The minimum absolute atomic E-state index is 0.0707. The second-order valence-electron chi connectivity index (χ2n) is 3.37. The quantitative estimate of drug-likeness (QED) is 0.657. The maximum absolute atomic E-state index is 11.5. The van der Waals surface area contributed by atoms with Crippen molar-refractivity contribution in [2.75, 3.05) is 13.6 Å². The van der Waals surface area contributed by atoms with E-state index in [4.69, 9.17) is 0 Å². The number of amides is 2. The molecular weight excluding hydrogens is 180 g/mol. The molecule has 0 spiro atoms. The zero-order valence-corrected chi connectivity index (χ0v) is 8.62. The molecule has 0 bridgehead atoms. The van der Waals surface area contributed by atoms with Gasteiger partial charge in [0, 0.05) is 13.1 Å². The van der Waals surface area contributed by atoms with E-state index in [-0.39, 0.29) is 24.4 Å². The summed E-state index contributed by atoms with van der Waals surface area (Å²) in [6, 6.07) is 0.274. The van der Waals surface area contributed by atoms with Crippen LogP contribution in [0, 0.1) is 0 Å². The lowest BCUT2D eigenvalue weighted by atomic mass is 10.4. The van der Waals surface area contributed by atoms with Crippen molar-refractivity contribution in [3.63, 3.8) is 0 Å². The highest BCUT2D eigenvalue weighted by Gasteiger charge is 2.32. The summed E-state index contributed by atoms with van der Waals surface area (Å²) in [6.45, 7) is 1.97. The molecule has 0 saturated heterocycles. The van der Waals surface area contributed by atoms with Gasteiger partial charge in [-0.15, -0.1) is 0 Å². The average molecular weight is 196 g/mol. The van der Waals surface area contributed by atoms with Crippen LogP contribution in [0.5, 0.6) is 0 Å². The van der Waals surface area contributed by atoms with E-state index in [9.17, 15) is 9.59 Å². The smallest absolute Gasteiger partial charge is 0.246 e. The number of rotatable bonds is 4. The third-order valence-corrected chi connectivity index (χ3v) is 2.17. The molecule has 78 valence electrons. The highest BCUT2D eigenvalue weighted by molar-refractivity contribution is 5.91. The van der Waals surface area contributed by atoms with Crippen LogP contribution < -0.4 is 5.32 Å². The summed E-state index contributed by atoms with van der Waals surface area (Å²) in [5.41, 5.74) is 0. The predicted molar refractivity (Wildman–Crippen MR) is 53.6 cm³/mol. The molecule has 1 saturated carbocycles. The second-order valence-corrected chi connectivity index (χ2v) is 3.37. The lowest BCUT2D eigenvalue weighted by Gasteiger charge is -2.19. The molecule has 1 N–H and O–H groups in total. The Morgan fingerprint density at radius 2 is 2.14 bits per heavy atom. The molecule has 0 heterocycles. The summed E-state index contributed by atoms with van der Waals surface area (Å²) in [4.78, 5) is 24.3. The highest BCUT2D eigenvalue weighted by atomic mass is 16.2. The molecule has 0 aromatic heterocycles. The van der Waals surface area contributed by atoms with Gasteiger partial charge in [0.1, 0.15) is 6.54 Å². The first kappa shape index (κ1) is 10.8. The maximum Gasteiger partial charge on any atom is 0.246 e. The van der Waals surface area contributed by atoms with Crippen molar-refractivity contribution in [2.45, 2.75) is 25.8 Å². The van der Waals surface area contributed by atoms with Crippen LogP contribution in [0.2, 0.25) is 0 Å². The first-order valence-corrected chi connectivity index (χ1v) is 4.83. The molecule has 2 amide bonds. The number of allylic oxidation sites excluding steroid dienone is 1. The van der Waals surface area contributed by atoms with Crippen molar-refractivity contribution in [3.8, 4) is 0 Å². The van der Waals surface area contributed by atoms with Gasteiger partial charge >= 0.3 is 0 Å². The molecule has 4 heteroatoms. The fraction of sp³-hybridized carbons (Fsp3) is 0.600. The monoisotopic (exact) mass is 196 g/mol. The van der Waals surface area contributed by atoms with E-state index in [0.29, 0.717) is 0 Å². The van der Waals surface area contributed by atoms with E-state index in [0.717, 1.165) is 12.8 Å². The molecule has 0 aromatic carbocycles. The van der Waals surface area contributed by atoms with E-state index in [2.05, 4.69) is 5.32 Å². The van der Waals surface area contributed by atoms with E-state index in [1.165, 1.54) is 6.08 Å². The van der Waals surface area contributed by atoms with Crippen LogP contribution in [-0.4, -0.2) is 36.3 Å². The third kappa shape index (κ3) is 2.87. The highest BCUT2D eigenvalue weighted by Crippen LogP contribution is 2.26. The van der Waals surface area contributed by atoms with E-state index in [1.807, 2.05) is 0 Å². The number of carbonyl (C=O) groups is 2. The summed E-state index contributed by atoms with van der Waals surface area (Å²) in [6.07, 6.45) is 5.23. The van der Waals surface area contributed by atoms with Crippen LogP contribution in [0.15, 0.2) is 12.2 Å². The van der Waals surface area contributed by atoms with Crippen LogP contribution >= 0.6 is 0 Å². The molecule has 0 aliphatic heterocycles. The summed E-state index contributed by atoms with van der Waals surface area (Å²) < 4.78 is 0. The number of hydrogen-bond donors (Lipinski definition) is 1. The van der Waals surface area contributed by atoms with Crippen LogP contribution in [0.25, 0.3) is 0 Å². The van der Waals surface area contributed by atoms with Crippen LogP contribution in [-0.2, 0) is 9.59 Å². The SMILES string of the molecule is C/C=C\C(=O)N(CC(=O)NC)C1CC1. The van der Waals surface area contributed by atoms with Gasteiger partial charge in [0.05, 0.1) is 0 Å². The van der Waals surface area contributed by atoms with Gasteiger partial charge in [-0.2, -0.15) is 0 Å². The van der Waals surface area contributed by atoms with Crippen LogP contribution in [0.1, 0.15) is 19.8 Å². The fourth-order valence-electron chi connectivity index (χ4n) is 1.25. The number of likely N-dealkylation sites (N-methyl/N-ethyl adjacent to an activating group) is 1. The van der Waals surface area contributed by atoms with E-state index < -0.39 is 0 Å². The Balaban J connectivity index is 2.54. The lowest BCUT2D eigenvalue weighted by molar-refractivity contribution is -0.132. The standard InChI is InChI=1S/C10H16N2O2/c1-3-4-10(14)12(8-5-6-8)7-9(13)11-2/h3-4,8H,5-7H2,1-2H3,(H,11,13)/b4-3-. The molecule has 0 unspecified atom stereocenters. The first-order valence-electron chi connectivity index (χ1n) is 4.83. The van der Waals surface area contributed by atoms with Crippen molar-refractivity contribution in [3.05, 3.63) is 12.2 Å². The summed E-state index contributed by atoms with van der Waals surface area (Å²) in [5, 5.41) is 2.52. The number of nitrogens with one attached hydrogen (secondary N) is 1. The number of hydrogen-bond acceptors (Lipinski definition) is 2. The van der Waals surface area contributed by atoms with Gasteiger partial charge in [0.15, 0.2) is 0 Å². The van der Waals surface area contributed by atoms with Crippen molar-refractivity contribution in [2.24, 2.45) is 0 Å². The normalized spacial score (nSPS) is 15.6. The molecule has 1 fully saturated rings. The Labute approximate surface area is 84.0 Å². The van der Waals surface area contributed by atoms with Gasteiger partial charge in [-0.3, -0.25) is 9.59 Å². The van der Waals surface area contributed by atoms with E-state index >= 15 is 0 Å². The van der Waals surface area contributed by atoms with Gasteiger partial charge in [-0.05, 0) is 25.8 Å². The van der Waals surface area contributed by atoms with Crippen LogP contribution in [0.3, 0.4) is 0 Å². The number of carbonyl (C=O) groups excluding carboxylic acids is 2. The zero-order chi connectivity index (χ0) is 10.6. The Morgan fingerprint density at radius 1 is 1.50 bits per heavy atom. The average Bonchev–Trinajstić information content (AvgIpc) is 2.97. The van der Waals surface area contributed by atoms with Gasteiger partial charge in [-0.1, -0.05) is 6.08 Å². The third-order valence-electron chi connectivity index (χ3n) is 2.17. The van der Waals surface area contributed by atoms with Gasteiger partial charge in [0.25, 0.3) is 0 Å². The van der Waals surface area contributed by atoms with Gasteiger partial charge in [0.2, 0.25) is 11.8 Å². The fourth-order valence-corrected chi connectivity index (χ4v) is 1.25. The van der Waals surface area contributed by atoms with Crippen molar-refractivity contribution in [1.29, 1.82) is 0 Å². The van der Waals surface area contributed by atoms with E-state index in [1.54, 1.807) is 24.9 Å². The Kier molecular flexibility index (Phi) is 3.68. The zero-order valence-electron chi connectivity index (χ0n) is 8.62. The van der Waals surface area contributed by atoms with Crippen LogP contribution in [0.4, 0.5) is 0 Å². The summed E-state index contributed by atoms with van der Waals surface area (Å²) >= 11 is 0. The summed E-state index contributed by atoms with van der Waals surface area (Å²) in [5.74, 6) is -0.187. The first-order chi connectivity index (χ1) is 6.69. The molecule has 0 radical (unpaired) electrons. The molecule has 1 aliphatic carbocycles. The topological polar surface area (TPSA) is 49.4 Å². The Morgan fingerprint density at radius 3 is 2.57 bits per heavy atom. The molecule has 1 aliphatic rings. The Hall–Kier alpha value is -1.32. The van der Waals surface area contributed by atoms with Gasteiger partial charge < -0.3 is 10.2 Å². The minimum Gasteiger partial charge on any atom is -0.358 e. The Bertz CT molecular complexity index is 257. The summed E-state index contributed by atoms with van der Waals surface area (Å²) in [7, 11) is 1.58. The minimum atomic E-state index is -0.116. The predicted octanol–water partition coefficient (Wildman–Crippen LogP) is 0.299. The molecule has 1 rings (SSSR count). The van der Waals surface area contributed by atoms with Crippen molar-refractivity contribution >= 4 is 11.8 Å². The van der Waals surface area contributed by atoms with Crippen molar-refractivity contribution < 1.29 is 9.59 Å². The molecule has 4 nitrogen and oxygen atoms in total.